The summed E-state index contributed by atoms with van der Waals surface area (Å²) in [6, 6.07) is 14.8. The summed E-state index contributed by atoms with van der Waals surface area (Å²) in [5, 5.41) is 12.1. The fourth-order valence-corrected chi connectivity index (χ4v) is 3.19. The predicted molar refractivity (Wildman–Crippen MR) is 105 cm³/mol. The number of pyridine rings is 1. The standard InChI is InChI=1S/C22H20N2O4/c1-4-28-21(26)22(2,13-23)12-19-16-10-9-14(20(25)27-3)11-17(16)15-7-5-6-8-18(15)24-19/h5-11H,4,12H2,1-3H3. The van der Waals surface area contributed by atoms with Crippen molar-refractivity contribution >= 4 is 33.6 Å². The van der Waals surface area contributed by atoms with Crippen LogP contribution in [-0.2, 0) is 20.7 Å². The average molecular weight is 376 g/mol. The van der Waals surface area contributed by atoms with Gasteiger partial charge in [-0.2, -0.15) is 5.26 Å². The van der Waals surface area contributed by atoms with Crippen molar-refractivity contribution < 1.29 is 19.1 Å². The van der Waals surface area contributed by atoms with Gasteiger partial charge in [-0.25, -0.2) is 4.79 Å². The summed E-state index contributed by atoms with van der Waals surface area (Å²) in [4.78, 5) is 29.0. The van der Waals surface area contributed by atoms with E-state index in [1.165, 1.54) is 7.11 Å². The molecule has 0 spiro atoms. The quantitative estimate of drug-likeness (QED) is 0.497. The molecule has 3 rings (SSSR count). The molecular weight excluding hydrogens is 356 g/mol. The minimum atomic E-state index is -1.36. The molecule has 1 aromatic heterocycles. The van der Waals surface area contributed by atoms with Crippen LogP contribution in [0.4, 0.5) is 0 Å². The maximum absolute atomic E-state index is 12.3. The number of hydrogen-bond donors (Lipinski definition) is 0. The van der Waals surface area contributed by atoms with Crippen LogP contribution >= 0.6 is 0 Å². The summed E-state index contributed by atoms with van der Waals surface area (Å²) >= 11 is 0. The zero-order valence-corrected chi connectivity index (χ0v) is 16.0. The molecule has 0 radical (unpaired) electrons. The van der Waals surface area contributed by atoms with Crippen LogP contribution in [0, 0.1) is 16.7 Å². The van der Waals surface area contributed by atoms with E-state index in [-0.39, 0.29) is 13.0 Å². The van der Waals surface area contributed by atoms with Gasteiger partial charge < -0.3 is 9.47 Å². The minimum Gasteiger partial charge on any atom is -0.465 e. The van der Waals surface area contributed by atoms with Gasteiger partial charge in [0.1, 0.15) is 0 Å². The molecule has 1 unspecified atom stereocenters. The number of nitrogens with zero attached hydrogens (tertiary/aromatic N) is 2. The van der Waals surface area contributed by atoms with E-state index in [2.05, 4.69) is 6.07 Å². The maximum atomic E-state index is 12.3. The second-order valence-electron chi connectivity index (χ2n) is 6.67. The molecule has 28 heavy (non-hydrogen) atoms. The number of nitriles is 1. The number of ether oxygens (including phenoxy) is 2. The largest absolute Gasteiger partial charge is 0.465 e. The third-order valence-corrected chi connectivity index (χ3v) is 4.69. The molecule has 1 heterocycles. The van der Waals surface area contributed by atoms with E-state index in [9.17, 15) is 14.9 Å². The first-order chi connectivity index (χ1) is 13.4. The van der Waals surface area contributed by atoms with Gasteiger partial charge in [0.25, 0.3) is 0 Å². The lowest BCUT2D eigenvalue weighted by molar-refractivity contribution is -0.151. The summed E-state index contributed by atoms with van der Waals surface area (Å²) in [5.41, 5.74) is 0.378. The Morgan fingerprint density at radius 2 is 1.89 bits per heavy atom. The van der Waals surface area contributed by atoms with Gasteiger partial charge >= 0.3 is 11.9 Å². The molecule has 0 amide bonds. The molecule has 0 fully saturated rings. The van der Waals surface area contributed by atoms with Crippen LogP contribution in [0.3, 0.4) is 0 Å². The zero-order valence-electron chi connectivity index (χ0n) is 16.0. The van der Waals surface area contributed by atoms with Crippen molar-refractivity contribution in [3.05, 3.63) is 53.7 Å². The fourth-order valence-electron chi connectivity index (χ4n) is 3.19. The number of rotatable bonds is 5. The Morgan fingerprint density at radius 1 is 1.14 bits per heavy atom. The summed E-state index contributed by atoms with van der Waals surface area (Å²) in [7, 11) is 1.33. The second kappa shape index (κ2) is 7.65. The predicted octanol–water partition coefficient (Wildman–Crippen LogP) is 3.81. The first kappa shape index (κ1) is 19.3. The lowest BCUT2D eigenvalue weighted by Crippen LogP contribution is -2.31. The lowest BCUT2D eigenvalue weighted by atomic mass is 9.85. The highest BCUT2D eigenvalue weighted by Crippen LogP contribution is 2.32. The smallest absolute Gasteiger partial charge is 0.337 e. The number of esters is 2. The zero-order chi connectivity index (χ0) is 20.3. The molecule has 1 atom stereocenters. The maximum Gasteiger partial charge on any atom is 0.337 e. The number of carbonyl (C=O) groups excluding carboxylic acids is 2. The summed E-state index contributed by atoms with van der Waals surface area (Å²) < 4.78 is 9.91. The SMILES string of the molecule is CCOC(=O)C(C)(C#N)Cc1nc2ccccc2c2cc(C(=O)OC)ccc12. The molecule has 6 heteroatoms. The Hall–Kier alpha value is -3.46. The van der Waals surface area contributed by atoms with Crippen LogP contribution in [0.2, 0.25) is 0 Å². The monoisotopic (exact) mass is 376 g/mol. The molecule has 2 aromatic carbocycles. The van der Waals surface area contributed by atoms with Crippen molar-refractivity contribution in [1.29, 1.82) is 5.26 Å². The summed E-state index contributed by atoms with van der Waals surface area (Å²) in [5.74, 6) is -1.01. The Labute approximate surface area is 162 Å². The topological polar surface area (TPSA) is 89.3 Å². The van der Waals surface area contributed by atoms with Gasteiger partial charge in [-0.1, -0.05) is 24.3 Å². The Balaban J connectivity index is 2.23. The average Bonchev–Trinajstić information content (AvgIpc) is 2.72. The van der Waals surface area contributed by atoms with Crippen LogP contribution in [0.15, 0.2) is 42.5 Å². The number of para-hydroxylation sites is 1. The number of carbonyl (C=O) groups is 2. The van der Waals surface area contributed by atoms with E-state index in [0.29, 0.717) is 11.3 Å². The number of fused-ring (bicyclic) bond motifs is 3. The van der Waals surface area contributed by atoms with Crippen LogP contribution in [0.5, 0.6) is 0 Å². The number of benzene rings is 2. The van der Waals surface area contributed by atoms with Crippen LogP contribution in [0.25, 0.3) is 21.7 Å². The highest BCUT2D eigenvalue weighted by Gasteiger charge is 2.36. The van der Waals surface area contributed by atoms with Gasteiger partial charge in [-0.05, 0) is 37.4 Å². The summed E-state index contributed by atoms with van der Waals surface area (Å²) in [6.45, 7) is 3.45. The molecule has 0 saturated heterocycles. The normalized spacial score (nSPS) is 12.9. The van der Waals surface area contributed by atoms with Crippen molar-refractivity contribution in [2.75, 3.05) is 13.7 Å². The van der Waals surface area contributed by atoms with Crippen molar-refractivity contribution in [2.45, 2.75) is 20.3 Å². The highest BCUT2D eigenvalue weighted by atomic mass is 16.5. The van der Waals surface area contributed by atoms with E-state index in [1.807, 2.05) is 24.3 Å². The molecule has 0 N–H and O–H groups in total. The van der Waals surface area contributed by atoms with Crippen molar-refractivity contribution in [2.24, 2.45) is 5.41 Å². The molecule has 3 aromatic rings. The first-order valence-corrected chi connectivity index (χ1v) is 8.91. The van der Waals surface area contributed by atoms with Crippen LogP contribution in [-0.4, -0.2) is 30.6 Å². The van der Waals surface area contributed by atoms with Gasteiger partial charge in [-0.15, -0.1) is 0 Å². The van der Waals surface area contributed by atoms with Crippen molar-refractivity contribution in [3.8, 4) is 6.07 Å². The van der Waals surface area contributed by atoms with E-state index in [0.717, 1.165) is 21.7 Å². The molecular formula is C22H20N2O4. The van der Waals surface area contributed by atoms with Crippen LogP contribution < -0.4 is 0 Å². The third kappa shape index (κ3) is 3.39. The van der Waals surface area contributed by atoms with Gasteiger partial charge in [0, 0.05) is 17.2 Å². The van der Waals surface area contributed by atoms with Gasteiger partial charge in [0.2, 0.25) is 0 Å². The molecule has 0 bridgehead atoms. The van der Waals surface area contributed by atoms with E-state index in [4.69, 9.17) is 14.5 Å². The Kier molecular flexibility index (Phi) is 5.27. The van der Waals surface area contributed by atoms with E-state index < -0.39 is 17.4 Å². The molecule has 0 aliphatic heterocycles. The highest BCUT2D eigenvalue weighted by molar-refractivity contribution is 6.09. The van der Waals surface area contributed by atoms with E-state index in [1.54, 1.807) is 32.0 Å². The molecule has 0 aliphatic carbocycles. The molecule has 0 aliphatic rings. The Bertz CT molecular complexity index is 1120. The molecule has 6 nitrogen and oxygen atoms in total. The van der Waals surface area contributed by atoms with Crippen molar-refractivity contribution in [3.63, 3.8) is 0 Å². The van der Waals surface area contributed by atoms with Gasteiger partial charge in [0.05, 0.1) is 36.6 Å². The number of methoxy groups -OCH3 is 1. The third-order valence-electron chi connectivity index (χ3n) is 4.69. The molecule has 142 valence electrons. The molecule has 0 saturated carbocycles. The fraction of sp³-hybridized carbons (Fsp3) is 0.273. The van der Waals surface area contributed by atoms with Crippen molar-refractivity contribution in [1.82, 2.24) is 4.98 Å². The number of aromatic nitrogens is 1. The van der Waals surface area contributed by atoms with Gasteiger partial charge in [-0.3, -0.25) is 9.78 Å². The van der Waals surface area contributed by atoms with Crippen LogP contribution in [0.1, 0.15) is 29.9 Å². The van der Waals surface area contributed by atoms with E-state index >= 15 is 0 Å². The summed E-state index contributed by atoms with van der Waals surface area (Å²) in [6.07, 6.45) is 0.0985. The second-order valence-corrected chi connectivity index (χ2v) is 6.67. The minimum absolute atomic E-state index is 0.0985. The lowest BCUT2D eigenvalue weighted by Gasteiger charge is -2.20. The number of hydrogen-bond acceptors (Lipinski definition) is 6. The Morgan fingerprint density at radius 3 is 2.57 bits per heavy atom. The first-order valence-electron chi connectivity index (χ1n) is 8.91. The van der Waals surface area contributed by atoms with Gasteiger partial charge in [0.15, 0.2) is 5.41 Å².